The van der Waals surface area contributed by atoms with Crippen molar-refractivity contribution in [3.63, 3.8) is 0 Å². The van der Waals surface area contributed by atoms with E-state index in [1.54, 1.807) is 11.3 Å². The Kier molecular flexibility index (Phi) is 3.36. The molecule has 25 heavy (non-hydrogen) atoms. The summed E-state index contributed by atoms with van der Waals surface area (Å²) in [5.74, 6) is 0.801. The highest BCUT2D eigenvalue weighted by molar-refractivity contribution is 7.17. The van der Waals surface area contributed by atoms with E-state index in [2.05, 4.69) is 10.3 Å². The third-order valence-electron chi connectivity index (χ3n) is 4.12. The van der Waals surface area contributed by atoms with Gasteiger partial charge in [-0.1, -0.05) is 12.1 Å². The predicted octanol–water partition coefficient (Wildman–Crippen LogP) is 3.95. The number of rotatable bonds is 3. The van der Waals surface area contributed by atoms with Crippen molar-refractivity contribution >= 4 is 33.5 Å². The second-order valence-corrected chi connectivity index (χ2v) is 7.68. The lowest BCUT2D eigenvalue weighted by Crippen LogP contribution is -2.21. The first-order valence-electron chi connectivity index (χ1n) is 7.82. The Balaban J connectivity index is 1.36. The van der Waals surface area contributed by atoms with Gasteiger partial charge in [-0.3, -0.25) is 9.20 Å². The number of nitrogens with one attached hydrogen (secondary N) is 1. The average molecular weight is 367 g/mol. The molecule has 0 saturated carbocycles. The highest BCUT2D eigenvalue weighted by Gasteiger charge is 2.22. The molecule has 1 N–H and O–H groups in total. The third kappa shape index (κ3) is 2.52. The van der Waals surface area contributed by atoms with Crippen molar-refractivity contribution in [2.24, 2.45) is 0 Å². The molecule has 4 aromatic rings. The number of aromatic nitrogens is 2. The number of thiazole rings is 1. The summed E-state index contributed by atoms with van der Waals surface area (Å²) >= 11 is 3.09. The Hall–Kier alpha value is -2.64. The molecule has 5 rings (SSSR count). The molecule has 4 heterocycles. The number of carbonyl (C=O) groups excluding carboxylic acids is 1. The van der Waals surface area contributed by atoms with Crippen LogP contribution in [0.15, 0.2) is 48.1 Å². The lowest BCUT2D eigenvalue weighted by Gasteiger charge is -2.16. The minimum absolute atomic E-state index is 0.0757. The van der Waals surface area contributed by atoms with Crippen molar-refractivity contribution in [1.29, 1.82) is 0 Å². The third-order valence-corrected chi connectivity index (χ3v) is 6.10. The van der Waals surface area contributed by atoms with Crippen LogP contribution in [-0.2, 0) is 13.2 Å². The fraction of sp³-hybridized carbons (Fsp3) is 0.111. The number of hydrogen-bond acceptors (Lipinski definition) is 5. The molecule has 7 heteroatoms. The van der Waals surface area contributed by atoms with Gasteiger partial charge in [0.2, 0.25) is 0 Å². The first kappa shape index (κ1) is 14.7. The van der Waals surface area contributed by atoms with Crippen LogP contribution in [0.25, 0.3) is 15.4 Å². The maximum absolute atomic E-state index is 12.5. The normalized spacial score (nSPS) is 12.5. The van der Waals surface area contributed by atoms with Crippen molar-refractivity contribution in [1.82, 2.24) is 14.7 Å². The molecule has 1 aromatic carbocycles. The molecule has 1 amide bonds. The van der Waals surface area contributed by atoms with E-state index in [1.807, 2.05) is 52.5 Å². The molecule has 5 nitrogen and oxygen atoms in total. The molecule has 124 valence electrons. The van der Waals surface area contributed by atoms with Gasteiger partial charge in [0.25, 0.3) is 5.91 Å². The summed E-state index contributed by atoms with van der Waals surface area (Å²) in [6, 6.07) is 9.87. The van der Waals surface area contributed by atoms with Gasteiger partial charge in [0.1, 0.15) is 12.4 Å². The number of hydrogen-bond donors (Lipinski definition) is 1. The van der Waals surface area contributed by atoms with Crippen LogP contribution in [-0.4, -0.2) is 15.3 Å². The number of thiophene rings is 1. The molecule has 0 fully saturated rings. The van der Waals surface area contributed by atoms with E-state index in [4.69, 9.17) is 4.74 Å². The first-order chi connectivity index (χ1) is 12.3. The molecule has 0 radical (unpaired) electrons. The Bertz CT molecular complexity index is 1060. The Morgan fingerprint density at radius 3 is 3.20 bits per heavy atom. The van der Waals surface area contributed by atoms with Crippen LogP contribution in [0.5, 0.6) is 5.75 Å². The predicted molar refractivity (Wildman–Crippen MR) is 98.3 cm³/mol. The number of imidazole rings is 1. The molecular formula is C18H13N3O2S2. The monoisotopic (exact) mass is 367 g/mol. The lowest BCUT2D eigenvalue weighted by atomic mass is 10.1. The second-order valence-electron chi connectivity index (χ2n) is 5.76. The van der Waals surface area contributed by atoms with Crippen molar-refractivity contribution in [2.45, 2.75) is 13.2 Å². The van der Waals surface area contributed by atoms with Crippen LogP contribution in [0.1, 0.15) is 20.9 Å². The van der Waals surface area contributed by atoms with Gasteiger partial charge >= 0.3 is 0 Å². The van der Waals surface area contributed by atoms with Gasteiger partial charge in [-0.05, 0) is 18.2 Å². The van der Waals surface area contributed by atoms with Crippen LogP contribution in [0.4, 0.5) is 0 Å². The van der Waals surface area contributed by atoms with Crippen LogP contribution >= 0.6 is 22.7 Å². The summed E-state index contributed by atoms with van der Waals surface area (Å²) < 4.78 is 7.72. The van der Waals surface area contributed by atoms with E-state index >= 15 is 0 Å². The molecule has 0 aliphatic carbocycles. The molecule has 0 unspecified atom stereocenters. The molecular weight excluding hydrogens is 354 g/mol. The number of amides is 1. The number of ether oxygens (including phenoxy) is 1. The summed E-state index contributed by atoms with van der Waals surface area (Å²) in [5, 5.41) is 4.95. The molecule has 1 aliphatic rings. The minimum Gasteiger partial charge on any atom is -0.488 e. The zero-order valence-corrected chi connectivity index (χ0v) is 14.7. The van der Waals surface area contributed by atoms with E-state index in [0.717, 1.165) is 32.4 Å². The maximum atomic E-state index is 12.5. The summed E-state index contributed by atoms with van der Waals surface area (Å²) in [6.45, 7) is 0.927. The fourth-order valence-corrected chi connectivity index (χ4v) is 4.76. The zero-order chi connectivity index (χ0) is 16.8. The SMILES string of the molecule is O=C(NCc1cn2ccsc2n1)c1cc2c(s1)-c1ccccc1OC2. The van der Waals surface area contributed by atoms with Gasteiger partial charge in [-0.25, -0.2) is 4.98 Å². The fourth-order valence-electron chi connectivity index (χ4n) is 2.93. The van der Waals surface area contributed by atoms with Crippen LogP contribution in [0.2, 0.25) is 0 Å². The average Bonchev–Trinajstić information content (AvgIpc) is 3.33. The molecule has 0 saturated heterocycles. The molecule has 0 bridgehead atoms. The van der Waals surface area contributed by atoms with Gasteiger partial charge in [-0.2, -0.15) is 0 Å². The van der Waals surface area contributed by atoms with Crippen LogP contribution in [0.3, 0.4) is 0 Å². The molecule has 1 aliphatic heterocycles. The molecule has 0 spiro atoms. The van der Waals surface area contributed by atoms with Crippen molar-refractivity contribution in [3.05, 3.63) is 64.2 Å². The largest absolute Gasteiger partial charge is 0.488 e. The Morgan fingerprint density at radius 1 is 1.36 bits per heavy atom. The quantitative estimate of drug-likeness (QED) is 0.597. The van der Waals surface area contributed by atoms with E-state index in [-0.39, 0.29) is 5.91 Å². The van der Waals surface area contributed by atoms with Gasteiger partial charge in [0.15, 0.2) is 4.96 Å². The standard InChI is InChI=1S/C18H13N3O2S2/c22-17(19-8-12-9-21-5-6-24-18(21)20-12)15-7-11-10-23-14-4-2-1-3-13(14)16(11)25-15/h1-7,9H,8,10H2,(H,19,22). The lowest BCUT2D eigenvalue weighted by molar-refractivity contribution is 0.0954. The zero-order valence-electron chi connectivity index (χ0n) is 13.1. The van der Waals surface area contributed by atoms with E-state index in [0.29, 0.717) is 18.0 Å². The number of fused-ring (bicyclic) bond motifs is 4. The Labute approximate surface area is 151 Å². The maximum Gasteiger partial charge on any atom is 0.261 e. The second kappa shape index (κ2) is 5.72. The summed E-state index contributed by atoms with van der Waals surface area (Å²) in [7, 11) is 0. The van der Waals surface area contributed by atoms with Gasteiger partial charge in [0.05, 0.1) is 17.1 Å². The van der Waals surface area contributed by atoms with Crippen molar-refractivity contribution < 1.29 is 9.53 Å². The molecule has 0 atom stereocenters. The van der Waals surface area contributed by atoms with Gasteiger partial charge < -0.3 is 10.1 Å². The topological polar surface area (TPSA) is 55.6 Å². The molecule has 3 aromatic heterocycles. The van der Waals surface area contributed by atoms with Gasteiger partial charge in [0, 0.05) is 33.8 Å². The van der Waals surface area contributed by atoms with Crippen LogP contribution in [0, 0.1) is 0 Å². The number of para-hydroxylation sites is 1. The highest BCUT2D eigenvalue weighted by Crippen LogP contribution is 2.42. The Morgan fingerprint density at radius 2 is 2.28 bits per heavy atom. The number of carbonyl (C=O) groups is 1. The van der Waals surface area contributed by atoms with E-state index < -0.39 is 0 Å². The number of benzene rings is 1. The van der Waals surface area contributed by atoms with Crippen molar-refractivity contribution in [3.8, 4) is 16.2 Å². The summed E-state index contributed by atoms with van der Waals surface area (Å²) in [5.41, 5.74) is 2.98. The van der Waals surface area contributed by atoms with Crippen molar-refractivity contribution in [2.75, 3.05) is 0 Å². The van der Waals surface area contributed by atoms with Crippen LogP contribution < -0.4 is 10.1 Å². The number of nitrogens with zero attached hydrogens (tertiary/aromatic N) is 2. The smallest absolute Gasteiger partial charge is 0.261 e. The van der Waals surface area contributed by atoms with Gasteiger partial charge in [-0.15, -0.1) is 22.7 Å². The minimum atomic E-state index is -0.0757. The highest BCUT2D eigenvalue weighted by atomic mass is 32.1. The first-order valence-corrected chi connectivity index (χ1v) is 9.52. The summed E-state index contributed by atoms with van der Waals surface area (Å²) in [6.07, 6.45) is 3.90. The van der Waals surface area contributed by atoms with E-state index in [9.17, 15) is 4.79 Å². The summed E-state index contributed by atoms with van der Waals surface area (Å²) in [4.78, 5) is 19.8. The van der Waals surface area contributed by atoms with E-state index in [1.165, 1.54) is 11.3 Å².